The maximum Gasteiger partial charge on any atom is 0.165 e. The molecule has 0 aliphatic heterocycles. The molecule has 1 heterocycles. The molecular formula is C14H17FN4O2. The molecule has 1 N–H and O–H groups in total. The number of benzene rings is 1. The van der Waals surface area contributed by atoms with Crippen molar-refractivity contribution in [2.45, 2.75) is 33.4 Å². The molecule has 0 unspecified atom stereocenters. The van der Waals surface area contributed by atoms with E-state index in [-0.39, 0.29) is 18.4 Å². The van der Waals surface area contributed by atoms with Gasteiger partial charge in [0.05, 0.1) is 5.71 Å². The van der Waals surface area contributed by atoms with Crippen molar-refractivity contribution in [1.29, 1.82) is 0 Å². The van der Waals surface area contributed by atoms with E-state index in [4.69, 9.17) is 9.94 Å². The summed E-state index contributed by atoms with van der Waals surface area (Å²) in [5, 5.41) is 16.1. The van der Waals surface area contributed by atoms with Crippen molar-refractivity contribution in [3.05, 3.63) is 41.7 Å². The van der Waals surface area contributed by atoms with E-state index in [2.05, 4.69) is 15.2 Å². The Balaban J connectivity index is 2.22. The van der Waals surface area contributed by atoms with Crippen LogP contribution in [0.15, 0.2) is 29.7 Å². The highest BCUT2D eigenvalue weighted by atomic mass is 19.1. The highest BCUT2D eigenvalue weighted by Crippen LogP contribution is 2.22. The van der Waals surface area contributed by atoms with Crippen molar-refractivity contribution in [3.8, 4) is 5.75 Å². The molecule has 1 aromatic heterocycles. The van der Waals surface area contributed by atoms with Crippen LogP contribution in [0, 0.1) is 5.82 Å². The summed E-state index contributed by atoms with van der Waals surface area (Å²) in [5.74, 6) is 0.662. The smallest absolute Gasteiger partial charge is 0.165 e. The SMILES string of the molecule is C/C(=N\O)c1cc(F)ccc1OCc1ncnn1C(C)C. The first-order valence-corrected chi connectivity index (χ1v) is 6.52. The first-order chi connectivity index (χ1) is 10.0. The van der Waals surface area contributed by atoms with E-state index in [1.807, 2.05) is 13.8 Å². The lowest BCUT2D eigenvalue weighted by Crippen LogP contribution is -2.11. The van der Waals surface area contributed by atoms with E-state index in [0.717, 1.165) is 0 Å². The number of hydrogen-bond donors (Lipinski definition) is 1. The minimum absolute atomic E-state index is 0.166. The molecule has 0 saturated heterocycles. The summed E-state index contributed by atoms with van der Waals surface area (Å²) in [6.07, 6.45) is 1.46. The Kier molecular flexibility index (Phi) is 4.52. The fourth-order valence-electron chi connectivity index (χ4n) is 1.92. The van der Waals surface area contributed by atoms with Crippen LogP contribution < -0.4 is 4.74 Å². The predicted molar refractivity (Wildman–Crippen MR) is 75.1 cm³/mol. The number of halogens is 1. The first-order valence-electron chi connectivity index (χ1n) is 6.52. The number of rotatable bonds is 5. The Morgan fingerprint density at radius 2 is 2.24 bits per heavy atom. The predicted octanol–water partition coefficient (Wildman–Crippen LogP) is 2.78. The molecule has 2 aromatic rings. The second-order valence-corrected chi connectivity index (χ2v) is 4.83. The second-order valence-electron chi connectivity index (χ2n) is 4.83. The van der Waals surface area contributed by atoms with Crippen molar-refractivity contribution < 1.29 is 14.3 Å². The van der Waals surface area contributed by atoms with Crippen LogP contribution in [-0.2, 0) is 6.61 Å². The van der Waals surface area contributed by atoms with Crippen molar-refractivity contribution in [2.24, 2.45) is 5.16 Å². The molecule has 112 valence electrons. The lowest BCUT2D eigenvalue weighted by Gasteiger charge is -2.13. The average Bonchev–Trinajstić information content (AvgIpc) is 2.93. The van der Waals surface area contributed by atoms with Gasteiger partial charge in [0.1, 0.15) is 24.5 Å². The lowest BCUT2D eigenvalue weighted by molar-refractivity contribution is 0.281. The quantitative estimate of drug-likeness (QED) is 0.522. The molecule has 0 aliphatic carbocycles. The van der Waals surface area contributed by atoms with E-state index >= 15 is 0 Å². The lowest BCUT2D eigenvalue weighted by atomic mass is 10.1. The number of nitrogens with zero attached hydrogens (tertiary/aromatic N) is 4. The molecule has 0 saturated carbocycles. The Hall–Kier alpha value is -2.44. The van der Waals surface area contributed by atoms with E-state index < -0.39 is 5.82 Å². The average molecular weight is 292 g/mol. The van der Waals surface area contributed by atoms with Gasteiger partial charge < -0.3 is 9.94 Å². The van der Waals surface area contributed by atoms with Crippen LogP contribution in [0.25, 0.3) is 0 Å². The molecule has 0 aliphatic rings. The zero-order valence-corrected chi connectivity index (χ0v) is 12.1. The van der Waals surface area contributed by atoms with Gasteiger partial charge in [-0.3, -0.25) is 0 Å². The van der Waals surface area contributed by atoms with Gasteiger partial charge in [0, 0.05) is 11.6 Å². The number of oxime groups is 1. The van der Waals surface area contributed by atoms with Crippen molar-refractivity contribution in [3.63, 3.8) is 0 Å². The van der Waals surface area contributed by atoms with E-state index in [0.29, 0.717) is 17.1 Å². The zero-order chi connectivity index (χ0) is 15.4. The molecule has 21 heavy (non-hydrogen) atoms. The third-order valence-corrected chi connectivity index (χ3v) is 2.97. The molecule has 0 radical (unpaired) electrons. The van der Waals surface area contributed by atoms with E-state index in [1.54, 1.807) is 11.6 Å². The van der Waals surface area contributed by atoms with Crippen LogP contribution in [0.3, 0.4) is 0 Å². The number of hydrogen-bond acceptors (Lipinski definition) is 5. The fourth-order valence-corrected chi connectivity index (χ4v) is 1.92. The van der Waals surface area contributed by atoms with Crippen LogP contribution in [-0.4, -0.2) is 25.7 Å². The summed E-state index contributed by atoms with van der Waals surface area (Å²) in [6, 6.07) is 4.21. The van der Waals surface area contributed by atoms with Crippen molar-refractivity contribution >= 4 is 5.71 Å². The van der Waals surface area contributed by atoms with Gasteiger partial charge in [-0.2, -0.15) is 5.10 Å². The molecule has 0 fully saturated rings. The summed E-state index contributed by atoms with van der Waals surface area (Å²) in [5.41, 5.74) is 0.669. The molecule has 0 bridgehead atoms. The minimum atomic E-state index is -0.425. The van der Waals surface area contributed by atoms with Gasteiger partial charge in [-0.15, -0.1) is 0 Å². The molecule has 0 spiro atoms. The van der Waals surface area contributed by atoms with Crippen LogP contribution in [0.4, 0.5) is 4.39 Å². The highest BCUT2D eigenvalue weighted by molar-refractivity contribution is 6.00. The van der Waals surface area contributed by atoms with Crippen molar-refractivity contribution in [2.75, 3.05) is 0 Å². The number of ether oxygens (including phenoxy) is 1. The maximum absolute atomic E-state index is 13.3. The normalized spacial score (nSPS) is 12.0. The Morgan fingerprint density at radius 3 is 2.90 bits per heavy atom. The first kappa shape index (κ1) is 15.0. The van der Waals surface area contributed by atoms with Gasteiger partial charge >= 0.3 is 0 Å². The summed E-state index contributed by atoms with van der Waals surface area (Å²) < 4.78 is 20.7. The molecule has 0 amide bonds. The van der Waals surface area contributed by atoms with Crippen molar-refractivity contribution in [1.82, 2.24) is 14.8 Å². The third kappa shape index (κ3) is 3.36. The van der Waals surface area contributed by atoms with Gasteiger partial charge in [-0.05, 0) is 39.0 Å². The number of aromatic nitrogens is 3. The zero-order valence-electron chi connectivity index (χ0n) is 12.1. The van der Waals surface area contributed by atoms with Gasteiger partial charge in [-0.25, -0.2) is 14.1 Å². The van der Waals surface area contributed by atoms with E-state index in [1.165, 1.54) is 24.5 Å². The van der Waals surface area contributed by atoms with Crippen LogP contribution in [0.1, 0.15) is 38.2 Å². The molecule has 7 heteroatoms. The van der Waals surface area contributed by atoms with Gasteiger partial charge in [0.2, 0.25) is 0 Å². The van der Waals surface area contributed by atoms with Crippen LogP contribution >= 0.6 is 0 Å². The molecule has 1 aromatic carbocycles. The van der Waals surface area contributed by atoms with Crippen LogP contribution in [0.2, 0.25) is 0 Å². The Morgan fingerprint density at radius 1 is 1.48 bits per heavy atom. The summed E-state index contributed by atoms with van der Waals surface area (Å²) in [6.45, 7) is 5.74. The maximum atomic E-state index is 13.3. The highest BCUT2D eigenvalue weighted by Gasteiger charge is 2.12. The molecule has 0 atom stereocenters. The van der Waals surface area contributed by atoms with Crippen LogP contribution in [0.5, 0.6) is 5.75 Å². The second kappa shape index (κ2) is 6.34. The van der Waals surface area contributed by atoms with E-state index in [9.17, 15) is 4.39 Å². The van der Waals surface area contributed by atoms with Gasteiger partial charge in [0.25, 0.3) is 0 Å². The summed E-state index contributed by atoms with van der Waals surface area (Å²) in [4.78, 5) is 4.14. The fraction of sp³-hybridized carbons (Fsp3) is 0.357. The molecular weight excluding hydrogens is 275 g/mol. The topological polar surface area (TPSA) is 72.5 Å². The minimum Gasteiger partial charge on any atom is -0.485 e. The largest absolute Gasteiger partial charge is 0.485 e. The Labute approximate surface area is 121 Å². The monoisotopic (exact) mass is 292 g/mol. The van der Waals surface area contributed by atoms with Gasteiger partial charge in [0.15, 0.2) is 5.82 Å². The van der Waals surface area contributed by atoms with Gasteiger partial charge in [-0.1, -0.05) is 5.16 Å². The Bertz CT molecular complexity index is 652. The third-order valence-electron chi connectivity index (χ3n) is 2.97. The molecule has 6 nitrogen and oxygen atoms in total. The standard InChI is InChI=1S/C14H17FN4O2/c1-9(2)19-14(16-8-17-19)7-21-13-5-4-11(15)6-12(13)10(3)18-20/h4-6,8-9,20H,7H2,1-3H3/b18-10+. The molecule has 2 rings (SSSR count). The summed E-state index contributed by atoms with van der Waals surface area (Å²) in [7, 11) is 0. The summed E-state index contributed by atoms with van der Waals surface area (Å²) >= 11 is 0.